The van der Waals surface area contributed by atoms with E-state index in [2.05, 4.69) is 0 Å². The molecule has 0 spiro atoms. The second-order valence-corrected chi connectivity index (χ2v) is 5.82. The van der Waals surface area contributed by atoms with Crippen LogP contribution in [0.5, 0.6) is 11.5 Å². The van der Waals surface area contributed by atoms with Crippen molar-refractivity contribution in [3.05, 3.63) is 58.1 Å². The summed E-state index contributed by atoms with van der Waals surface area (Å²) < 4.78 is 16.7. The second-order valence-electron chi connectivity index (χ2n) is 5.38. The number of fused-ring (bicyclic) bond motifs is 5. The van der Waals surface area contributed by atoms with Crippen molar-refractivity contribution >= 4 is 17.6 Å². The summed E-state index contributed by atoms with van der Waals surface area (Å²) in [6.07, 6.45) is -0.134. The van der Waals surface area contributed by atoms with Gasteiger partial charge in [-0.25, -0.2) is 4.79 Å². The minimum atomic E-state index is -0.355. The molecule has 2 aromatic rings. The number of esters is 1. The quantitative estimate of drug-likeness (QED) is 0.752. The lowest BCUT2D eigenvalue weighted by Crippen LogP contribution is -2.23. The van der Waals surface area contributed by atoms with Gasteiger partial charge < -0.3 is 14.2 Å². The van der Waals surface area contributed by atoms with E-state index in [9.17, 15) is 4.79 Å². The third-order valence-electron chi connectivity index (χ3n) is 4.15. The van der Waals surface area contributed by atoms with Gasteiger partial charge >= 0.3 is 5.97 Å². The topological polar surface area (TPSA) is 44.8 Å². The molecule has 0 fully saturated rings. The van der Waals surface area contributed by atoms with Crippen molar-refractivity contribution in [1.82, 2.24) is 0 Å². The van der Waals surface area contributed by atoms with Crippen molar-refractivity contribution in [2.45, 2.75) is 12.0 Å². The van der Waals surface area contributed by atoms with Crippen molar-refractivity contribution in [3.8, 4) is 11.5 Å². The van der Waals surface area contributed by atoms with Gasteiger partial charge in [-0.2, -0.15) is 0 Å². The molecule has 0 unspecified atom stereocenters. The van der Waals surface area contributed by atoms with Crippen LogP contribution in [0.1, 0.15) is 33.5 Å². The number of halogens is 1. The molecule has 112 valence electrons. The van der Waals surface area contributed by atoms with Gasteiger partial charge in [0.1, 0.15) is 17.6 Å². The van der Waals surface area contributed by atoms with E-state index in [0.717, 1.165) is 22.6 Å². The molecule has 2 heterocycles. The van der Waals surface area contributed by atoms with Gasteiger partial charge in [-0.15, -0.1) is 0 Å². The second kappa shape index (κ2) is 4.92. The van der Waals surface area contributed by atoms with Crippen LogP contribution in [0.15, 0.2) is 36.4 Å². The molecule has 2 aromatic carbocycles. The predicted octanol–water partition coefficient (Wildman–Crippen LogP) is 3.74. The Morgan fingerprint density at radius 1 is 1.18 bits per heavy atom. The summed E-state index contributed by atoms with van der Waals surface area (Å²) in [5.41, 5.74) is 2.43. The van der Waals surface area contributed by atoms with Gasteiger partial charge in [0.2, 0.25) is 0 Å². The fraction of sp³-hybridized carbons (Fsp3) is 0.235. The van der Waals surface area contributed by atoms with Crippen LogP contribution >= 0.6 is 11.6 Å². The molecule has 22 heavy (non-hydrogen) atoms. The zero-order chi connectivity index (χ0) is 15.3. The van der Waals surface area contributed by atoms with Crippen LogP contribution in [0.3, 0.4) is 0 Å². The first-order valence-electron chi connectivity index (χ1n) is 6.98. The fourth-order valence-electron chi connectivity index (χ4n) is 3.08. The van der Waals surface area contributed by atoms with E-state index in [1.807, 2.05) is 24.3 Å². The Kier molecular flexibility index (Phi) is 3.01. The average Bonchev–Trinajstić information content (AvgIpc) is 2.92. The highest BCUT2D eigenvalue weighted by Gasteiger charge is 2.41. The molecule has 4 rings (SSSR count). The fourth-order valence-corrected chi connectivity index (χ4v) is 3.26. The van der Waals surface area contributed by atoms with Crippen LogP contribution in [0.4, 0.5) is 0 Å². The lowest BCUT2D eigenvalue weighted by atomic mass is 9.89. The van der Waals surface area contributed by atoms with Gasteiger partial charge in [0.05, 0.1) is 25.2 Å². The minimum absolute atomic E-state index is 0.0468. The summed E-state index contributed by atoms with van der Waals surface area (Å²) in [4.78, 5) is 11.7. The van der Waals surface area contributed by atoms with E-state index in [1.165, 1.54) is 7.11 Å². The third-order valence-corrected chi connectivity index (χ3v) is 4.38. The molecule has 0 saturated carbocycles. The Labute approximate surface area is 132 Å². The maximum atomic E-state index is 11.7. The molecular formula is C17H13ClO4. The van der Waals surface area contributed by atoms with E-state index in [1.54, 1.807) is 12.1 Å². The molecule has 4 nitrogen and oxygen atoms in total. The zero-order valence-corrected chi connectivity index (χ0v) is 12.6. The van der Waals surface area contributed by atoms with E-state index < -0.39 is 0 Å². The Morgan fingerprint density at radius 2 is 2.00 bits per heavy atom. The average molecular weight is 317 g/mol. The Bertz CT molecular complexity index is 771. The Morgan fingerprint density at radius 3 is 2.82 bits per heavy atom. The highest BCUT2D eigenvalue weighted by atomic mass is 35.5. The van der Waals surface area contributed by atoms with Crippen LogP contribution in [0, 0.1) is 0 Å². The maximum Gasteiger partial charge on any atom is 0.337 e. The van der Waals surface area contributed by atoms with Gasteiger partial charge in [0.25, 0.3) is 0 Å². The summed E-state index contributed by atoms with van der Waals surface area (Å²) in [5, 5.41) is 0.651. The molecule has 0 aliphatic carbocycles. The van der Waals surface area contributed by atoms with Crippen molar-refractivity contribution in [3.63, 3.8) is 0 Å². The summed E-state index contributed by atoms with van der Waals surface area (Å²) in [6.45, 7) is 0.511. The van der Waals surface area contributed by atoms with E-state index in [-0.39, 0.29) is 18.0 Å². The Balaban J connectivity index is 1.76. The van der Waals surface area contributed by atoms with Crippen molar-refractivity contribution in [2.24, 2.45) is 0 Å². The molecule has 0 saturated heterocycles. The Hall–Kier alpha value is -2.20. The summed E-state index contributed by atoms with van der Waals surface area (Å²) in [7, 11) is 1.37. The van der Waals surface area contributed by atoms with Crippen molar-refractivity contribution in [2.75, 3.05) is 13.7 Å². The monoisotopic (exact) mass is 316 g/mol. The number of benzene rings is 2. The van der Waals surface area contributed by atoms with Gasteiger partial charge in [-0.3, -0.25) is 0 Å². The highest BCUT2D eigenvalue weighted by Crippen LogP contribution is 2.51. The summed E-state index contributed by atoms with van der Waals surface area (Å²) >= 11 is 6.09. The van der Waals surface area contributed by atoms with Crippen LogP contribution in [-0.2, 0) is 4.74 Å². The number of ether oxygens (including phenoxy) is 3. The standard InChI is InChI=1S/C17H13ClO4/c1-20-17(19)9-2-4-15-11(6-9)13-8-21-14-5-3-10(18)7-12(14)16(13)22-15/h2-7,13,16H,8H2,1H3/t13-,16-/m1/s1. The first-order chi connectivity index (χ1) is 10.7. The molecule has 0 aromatic heterocycles. The first-order valence-corrected chi connectivity index (χ1v) is 7.36. The SMILES string of the molecule is COC(=O)c1ccc2c(c1)[C@H]1COc3ccc(Cl)cc3[C@H]1O2. The normalized spacial score (nSPS) is 21.0. The number of hydrogen-bond acceptors (Lipinski definition) is 4. The number of hydrogen-bond donors (Lipinski definition) is 0. The zero-order valence-electron chi connectivity index (χ0n) is 11.8. The summed E-state index contributed by atoms with van der Waals surface area (Å²) in [5.74, 6) is 1.27. The molecule has 5 heteroatoms. The van der Waals surface area contributed by atoms with E-state index in [4.69, 9.17) is 25.8 Å². The molecule has 0 N–H and O–H groups in total. The van der Waals surface area contributed by atoms with Gasteiger partial charge in [-0.05, 0) is 36.4 Å². The smallest absolute Gasteiger partial charge is 0.337 e. The van der Waals surface area contributed by atoms with E-state index >= 15 is 0 Å². The number of carbonyl (C=O) groups is 1. The molecule has 0 radical (unpaired) electrons. The minimum Gasteiger partial charge on any atom is -0.492 e. The van der Waals surface area contributed by atoms with Gasteiger partial charge in [-0.1, -0.05) is 11.6 Å². The van der Waals surface area contributed by atoms with Crippen molar-refractivity contribution < 1.29 is 19.0 Å². The molecular weight excluding hydrogens is 304 g/mol. The van der Waals surface area contributed by atoms with Gasteiger partial charge in [0.15, 0.2) is 0 Å². The molecule has 0 amide bonds. The summed E-state index contributed by atoms with van der Waals surface area (Å²) in [6, 6.07) is 10.9. The number of methoxy groups -OCH3 is 1. The third kappa shape index (κ3) is 1.95. The molecule has 2 atom stereocenters. The maximum absolute atomic E-state index is 11.7. The van der Waals surface area contributed by atoms with Crippen LogP contribution in [-0.4, -0.2) is 19.7 Å². The molecule has 0 bridgehead atoms. The lowest BCUT2D eigenvalue weighted by Gasteiger charge is -2.27. The predicted molar refractivity (Wildman–Crippen MR) is 80.8 cm³/mol. The van der Waals surface area contributed by atoms with Crippen LogP contribution in [0.25, 0.3) is 0 Å². The highest BCUT2D eigenvalue weighted by molar-refractivity contribution is 6.30. The molecule has 2 aliphatic rings. The van der Waals surface area contributed by atoms with E-state index in [0.29, 0.717) is 17.2 Å². The lowest BCUT2D eigenvalue weighted by molar-refractivity contribution is 0.0600. The number of carbonyl (C=O) groups excluding carboxylic acids is 1. The van der Waals surface area contributed by atoms with Crippen molar-refractivity contribution in [1.29, 1.82) is 0 Å². The number of rotatable bonds is 1. The molecule has 2 aliphatic heterocycles. The van der Waals surface area contributed by atoms with Crippen LogP contribution < -0.4 is 9.47 Å². The van der Waals surface area contributed by atoms with Gasteiger partial charge in [0, 0.05) is 16.1 Å². The first kappa shape index (κ1) is 13.5. The van der Waals surface area contributed by atoms with Crippen LogP contribution in [0.2, 0.25) is 5.02 Å². The largest absolute Gasteiger partial charge is 0.492 e.